The second-order valence-corrected chi connectivity index (χ2v) is 3.44. The van der Waals surface area contributed by atoms with E-state index in [2.05, 4.69) is 15.4 Å². The Morgan fingerprint density at radius 1 is 1.31 bits per heavy atom. The summed E-state index contributed by atoms with van der Waals surface area (Å²) in [6.45, 7) is 0. The van der Waals surface area contributed by atoms with Gasteiger partial charge in [-0.2, -0.15) is 0 Å². The van der Waals surface area contributed by atoms with E-state index >= 15 is 0 Å². The zero-order valence-electron chi connectivity index (χ0n) is 8.11. The van der Waals surface area contributed by atoms with E-state index in [1.807, 2.05) is 0 Å². The lowest BCUT2D eigenvalue weighted by molar-refractivity contribution is 0.628. The minimum Gasteiger partial charge on any atom is -0.308 e. The minimum absolute atomic E-state index is 0.258. The summed E-state index contributed by atoms with van der Waals surface area (Å²) in [4.78, 5) is 8.13. The number of anilines is 1. The molecule has 2 aromatic rings. The van der Waals surface area contributed by atoms with Crippen molar-refractivity contribution in [2.45, 2.75) is 0 Å². The lowest BCUT2D eigenvalue weighted by Gasteiger charge is -2.04. The van der Waals surface area contributed by atoms with Gasteiger partial charge in [0.25, 0.3) is 0 Å². The minimum atomic E-state index is -0.401. The first-order chi connectivity index (χ1) is 7.70. The number of hydrazine groups is 1. The molecule has 0 radical (unpaired) electrons. The molecule has 3 N–H and O–H groups in total. The van der Waals surface area contributed by atoms with Crippen LogP contribution >= 0.6 is 11.6 Å². The maximum Gasteiger partial charge on any atom is 0.163 e. The fraction of sp³-hybridized carbons (Fsp3) is 0. The molecule has 6 heteroatoms. The molecule has 82 valence electrons. The third-order valence-corrected chi connectivity index (χ3v) is 2.29. The van der Waals surface area contributed by atoms with Crippen molar-refractivity contribution in [1.29, 1.82) is 0 Å². The number of nitrogens with two attached hydrogens (primary N) is 1. The van der Waals surface area contributed by atoms with Gasteiger partial charge >= 0.3 is 0 Å². The summed E-state index contributed by atoms with van der Waals surface area (Å²) >= 11 is 5.89. The van der Waals surface area contributed by atoms with E-state index in [-0.39, 0.29) is 5.02 Å². The normalized spacial score (nSPS) is 10.2. The predicted octanol–water partition coefficient (Wildman–Crippen LogP) is 2.22. The first-order valence-electron chi connectivity index (χ1n) is 4.46. The highest BCUT2D eigenvalue weighted by Crippen LogP contribution is 2.26. The molecule has 0 amide bonds. The summed E-state index contributed by atoms with van der Waals surface area (Å²) in [5.41, 5.74) is 2.96. The van der Waals surface area contributed by atoms with E-state index < -0.39 is 5.82 Å². The molecule has 0 aliphatic heterocycles. The molecule has 0 aliphatic carbocycles. The van der Waals surface area contributed by atoms with Crippen LogP contribution in [0.5, 0.6) is 0 Å². The van der Waals surface area contributed by atoms with Gasteiger partial charge in [0.15, 0.2) is 5.82 Å². The molecule has 0 bridgehead atoms. The molecule has 0 unspecified atom stereocenters. The Balaban J connectivity index is 2.49. The highest BCUT2D eigenvalue weighted by molar-refractivity contribution is 6.33. The van der Waals surface area contributed by atoms with E-state index in [4.69, 9.17) is 17.4 Å². The molecule has 0 fully saturated rings. The van der Waals surface area contributed by atoms with Crippen molar-refractivity contribution < 1.29 is 4.39 Å². The van der Waals surface area contributed by atoms with E-state index in [9.17, 15) is 4.39 Å². The topological polar surface area (TPSA) is 63.8 Å². The molecule has 0 saturated carbocycles. The van der Waals surface area contributed by atoms with Gasteiger partial charge in [-0.3, -0.25) is 0 Å². The number of rotatable bonds is 2. The molecule has 0 spiro atoms. The van der Waals surface area contributed by atoms with Gasteiger partial charge in [-0.15, -0.1) is 0 Å². The zero-order valence-corrected chi connectivity index (χ0v) is 8.87. The molecule has 1 aromatic carbocycles. The van der Waals surface area contributed by atoms with Gasteiger partial charge in [-0.1, -0.05) is 11.6 Å². The van der Waals surface area contributed by atoms with Gasteiger partial charge in [0.2, 0.25) is 0 Å². The van der Waals surface area contributed by atoms with E-state index in [0.717, 1.165) is 0 Å². The smallest absolute Gasteiger partial charge is 0.163 e. The summed E-state index contributed by atoms with van der Waals surface area (Å²) in [5, 5.41) is 0.258. The molecular formula is C10H8ClFN4. The number of hydrogen-bond donors (Lipinski definition) is 2. The maximum absolute atomic E-state index is 12.9. The first kappa shape index (κ1) is 10.8. The maximum atomic E-state index is 12.9. The number of halogens is 2. The lowest BCUT2D eigenvalue weighted by atomic mass is 10.2. The van der Waals surface area contributed by atoms with E-state index in [1.165, 1.54) is 24.4 Å². The molecule has 2 rings (SSSR count). The molecule has 1 aromatic heterocycles. The summed E-state index contributed by atoms with van der Waals surface area (Å²) in [7, 11) is 0. The quantitative estimate of drug-likeness (QED) is 0.622. The SMILES string of the molecule is NNc1ccnc(-c2ccc(F)cc2Cl)n1. The summed E-state index contributed by atoms with van der Waals surface area (Å²) in [6, 6.07) is 5.64. The fourth-order valence-electron chi connectivity index (χ4n) is 1.24. The Labute approximate surface area is 96.3 Å². The molecule has 16 heavy (non-hydrogen) atoms. The number of nitrogens with one attached hydrogen (secondary N) is 1. The number of nitrogen functional groups attached to an aromatic ring is 1. The van der Waals surface area contributed by atoms with Crippen molar-refractivity contribution in [2.24, 2.45) is 5.84 Å². The summed E-state index contributed by atoms with van der Waals surface area (Å²) in [6.07, 6.45) is 1.54. The van der Waals surface area contributed by atoms with Crippen LogP contribution in [-0.4, -0.2) is 9.97 Å². The zero-order chi connectivity index (χ0) is 11.5. The van der Waals surface area contributed by atoms with E-state index in [0.29, 0.717) is 17.2 Å². The number of nitrogens with zero attached hydrogens (tertiary/aromatic N) is 2. The highest BCUT2D eigenvalue weighted by atomic mass is 35.5. The third kappa shape index (κ3) is 2.10. The Bertz CT molecular complexity index is 518. The number of hydrogen-bond acceptors (Lipinski definition) is 4. The molecule has 0 saturated heterocycles. The second kappa shape index (κ2) is 4.42. The van der Waals surface area contributed by atoms with Gasteiger partial charge in [-0.05, 0) is 18.2 Å². The average Bonchev–Trinajstić information content (AvgIpc) is 2.29. The Morgan fingerprint density at radius 3 is 2.81 bits per heavy atom. The van der Waals surface area contributed by atoms with Gasteiger partial charge in [0.05, 0.1) is 5.02 Å². The van der Waals surface area contributed by atoms with Gasteiger partial charge in [0.1, 0.15) is 11.6 Å². The van der Waals surface area contributed by atoms with Gasteiger partial charge in [-0.25, -0.2) is 20.2 Å². The monoisotopic (exact) mass is 238 g/mol. The van der Waals surface area contributed by atoms with Crippen LogP contribution in [-0.2, 0) is 0 Å². The summed E-state index contributed by atoms with van der Waals surface area (Å²) in [5.74, 6) is 5.68. The van der Waals surface area contributed by atoms with Crippen LogP contribution < -0.4 is 11.3 Å². The summed E-state index contributed by atoms with van der Waals surface area (Å²) < 4.78 is 12.9. The Hall–Kier alpha value is -1.72. The largest absolute Gasteiger partial charge is 0.308 e. The standard InChI is InChI=1S/C10H8ClFN4/c11-8-5-6(12)1-2-7(8)10-14-4-3-9(15-10)16-13/h1-5H,13H2,(H,14,15,16). The van der Waals surface area contributed by atoms with Crippen LogP contribution in [0.3, 0.4) is 0 Å². The Kier molecular flexibility index (Phi) is 2.98. The van der Waals surface area contributed by atoms with Crippen molar-refractivity contribution in [2.75, 3.05) is 5.43 Å². The molecule has 0 atom stereocenters. The molecule has 4 nitrogen and oxygen atoms in total. The Morgan fingerprint density at radius 2 is 2.12 bits per heavy atom. The molecular weight excluding hydrogens is 231 g/mol. The molecule has 1 heterocycles. The van der Waals surface area contributed by atoms with Crippen molar-refractivity contribution in [3.8, 4) is 11.4 Å². The highest BCUT2D eigenvalue weighted by Gasteiger charge is 2.07. The van der Waals surface area contributed by atoms with Crippen LogP contribution in [0.4, 0.5) is 10.2 Å². The van der Waals surface area contributed by atoms with Gasteiger partial charge in [0, 0.05) is 17.8 Å². The number of benzene rings is 1. The average molecular weight is 239 g/mol. The van der Waals surface area contributed by atoms with Crippen molar-refractivity contribution in [1.82, 2.24) is 9.97 Å². The van der Waals surface area contributed by atoms with Crippen molar-refractivity contribution in [3.63, 3.8) is 0 Å². The third-order valence-electron chi connectivity index (χ3n) is 1.98. The lowest BCUT2D eigenvalue weighted by Crippen LogP contribution is -2.09. The van der Waals surface area contributed by atoms with Crippen molar-refractivity contribution in [3.05, 3.63) is 41.3 Å². The van der Waals surface area contributed by atoms with Crippen LogP contribution in [0, 0.1) is 5.82 Å². The van der Waals surface area contributed by atoms with Crippen LogP contribution in [0.15, 0.2) is 30.5 Å². The first-order valence-corrected chi connectivity index (χ1v) is 4.83. The number of aromatic nitrogens is 2. The van der Waals surface area contributed by atoms with Crippen LogP contribution in [0.1, 0.15) is 0 Å². The van der Waals surface area contributed by atoms with Crippen molar-refractivity contribution >= 4 is 17.4 Å². The van der Waals surface area contributed by atoms with Gasteiger partial charge < -0.3 is 5.43 Å². The molecule has 0 aliphatic rings. The fourth-order valence-corrected chi connectivity index (χ4v) is 1.49. The second-order valence-electron chi connectivity index (χ2n) is 3.03. The predicted molar refractivity (Wildman–Crippen MR) is 60.2 cm³/mol. The van der Waals surface area contributed by atoms with E-state index in [1.54, 1.807) is 6.07 Å². The van der Waals surface area contributed by atoms with Crippen LogP contribution in [0.25, 0.3) is 11.4 Å². The van der Waals surface area contributed by atoms with Crippen LogP contribution in [0.2, 0.25) is 5.02 Å².